The molecule has 1 heterocycles. The molecule has 2 aliphatic rings. The normalized spacial score (nSPS) is 23.7. The highest BCUT2D eigenvalue weighted by Crippen LogP contribution is 2.35. The first-order valence-electron chi connectivity index (χ1n) is 11.0. The van der Waals surface area contributed by atoms with Crippen LogP contribution in [0.25, 0.3) is 0 Å². The van der Waals surface area contributed by atoms with Crippen molar-refractivity contribution in [3.63, 3.8) is 0 Å². The van der Waals surface area contributed by atoms with Gasteiger partial charge >= 0.3 is 0 Å². The minimum absolute atomic E-state index is 0.0399. The molecule has 1 aliphatic carbocycles. The maximum atomic E-state index is 13.6. The predicted molar refractivity (Wildman–Crippen MR) is 123 cm³/mol. The standard InChI is InChI=1S/C22H32ClN3O4S/c1-4-12-31(29,30)25-14-20(27)26(19-13-17(23)11-10-16(19)2)22(3,15-25)21(28)24-18-8-6-5-7-9-18/h10-11,13,18H,4-9,12,14-15H2,1-3H3,(H,24,28)/t22-/m0/s1. The smallest absolute Gasteiger partial charge is 0.247 e. The molecular formula is C22H32ClN3O4S. The topological polar surface area (TPSA) is 86.8 Å². The fraction of sp³-hybridized carbons (Fsp3) is 0.636. The molecule has 1 aromatic rings. The SMILES string of the molecule is CCCS(=O)(=O)N1CC(=O)N(c2cc(Cl)ccc2C)[C@](C)(C(=O)NC2CCCCC2)C1. The number of amides is 2. The highest BCUT2D eigenvalue weighted by Gasteiger charge is 2.51. The van der Waals surface area contributed by atoms with Gasteiger partial charge in [0.05, 0.1) is 12.3 Å². The Bertz CT molecular complexity index is 946. The van der Waals surface area contributed by atoms with E-state index >= 15 is 0 Å². The molecule has 2 amide bonds. The van der Waals surface area contributed by atoms with E-state index in [9.17, 15) is 18.0 Å². The largest absolute Gasteiger partial charge is 0.351 e. The monoisotopic (exact) mass is 469 g/mol. The quantitative estimate of drug-likeness (QED) is 0.692. The van der Waals surface area contributed by atoms with Gasteiger partial charge in [-0.15, -0.1) is 0 Å². The van der Waals surface area contributed by atoms with Gasteiger partial charge in [-0.1, -0.05) is 43.9 Å². The third kappa shape index (κ3) is 5.07. The second kappa shape index (κ2) is 9.46. The number of sulfonamides is 1. The van der Waals surface area contributed by atoms with E-state index in [0.717, 1.165) is 42.0 Å². The number of aryl methyl sites for hydroxylation is 1. The van der Waals surface area contributed by atoms with Gasteiger partial charge in [0.1, 0.15) is 5.54 Å². The molecular weight excluding hydrogens is 438 g/mol. The summed E-state index contributed by atoms with van der Waals surface area (Å²) in [6.07, 6.45) is 5.48. The zero-order valence-corrected chi connectivity index (χ0v) is 20.1. The predicted octanol–water partition coefficient (Wildman–Crippen LogP) is 3.24. The molecule has 172 valence electrons. The minimum atomic E-state index is -3.65. The zero-order chi connectivity index (χ0) is 22.8. The number of hydrogen-bond acceptors (Lipinski definition) is 4. The van der Waals surface area contributed by atoms with Crippen molar-refractivity contribution in [3.8, 4) is 0 Å². The molecule has 1 atom stereocenters. The molecule has 3 rings (SSSR count). The Labute approximate surface area is 190 Å². The van der Waals surface area contributed by atoms with Crippen molar-refractivity contribution >= 4 is 39.1 Å². The first kappa shape index (κ1) is 24.0. The number of rotatable bonds is 6. The number of carbonyl (C=O) groups is 2. The van der Waals surface area contributed by atoms with Gasteiger partial charge in [0.25, 0.3) is 0 Å². The fourth-order valence-electron chi connectivity index (χ4n) is 4.54. The van der Waals surface area contributed by atoms with Crippen LogP contribution in [-0.4, -0.2) is 55.0 Å². The summed E-state index contributed by atoms with van der Waals surface area (Å²) >= 11 is 6.21. The highest BCUT2D eigenvalue weighted by molar-refractivity contribution is 7.89. The molecule has 0 unspecified atom stereocenters. The molecule has 0 radical (unpaired) electrons. The maximum Gasteiger partial charge on any atom is 0.247 e. The van der Waals surface area contributed by atoms with E-state index in [2.05, 4.69) is 5.32 Å². The molecule has 9 heteroatoms. The van der Waals surface area contributed by atoms with Crippen LogP contribution in [0.2, 0.25) is 5.02 Å². The summed E-state index contributed by atoms with van der Waals surface area (Å²) in [7, 11) is -3.65. The fourth-order valence-corrected chi connectivity index (χ4v) is 6.23. The van der Waals surface area contributed by atoms with E-state index < -0.39 is 21.5 Å². The third-order valence-electron chi connectivity index (χ3n) is 6.24. The lowest BCUT2D eigenvalue weighted by Gasteiger charge is -2.47. The first-order chi connectivity index (χ1) is 14.6. The minimum Gasteiger partial charge on any atom is -0.351 e. The van der Waals surface area contributed by atoms with Crippen LogP contribution in [0.5, 0.6) is 0 Å². The number of anilines is 1. The molecule has 2 fully saturated rings. The Balaban J connectivity index is 2.02. The molecule has 1 aromatic carbocycles. The summed E-state index contributed by atoms with van der Waals surface area (Å²) in [6, 6.07) is 5.23. The number of halogens is 1. The molecule has 31 heavy (non-hydrogen) atoms. The van der Waals surface area contributed by atoms with Crippen LogP contribution < -0.4 is 10.2 Å². The molecule has 1 N–H and O–H groups in total. The second-order valence-corrected chi connectivity index (χ2v) is 11.4. The molecule has 1 saturated carbocycles. The molecule has 7 nitrogen and oxygen atoms in total. The van der Waals surface area contributed by atoms with Crippen LogP contribution in [0.3, 0.4) is 0 Å². The van der Waals surface area contributed by atoms with Crippen molar-refractivity contribution in [1.29, 1.82) is 0 Å². The van der Waals surface area contributed by atoms with Crippen molar-refractivity contribution in [3.05, 3.63) is 28.8 Å². The van der Waals surface area contributed by atoms with Crippen LogP contribution in [0, 0.1) is 6.92 Å². The van der Waals surface area contributed by atoms with Crippen LogP contribution >= 0.6 is 11.6 Å². The number of piperazine rings is 1. The first-order valence-corrected chi connectivity index (χ1v) is 12.9. The van der Waals surface area contributed by atoms with Crippen LogP contribution in [0.15, 0.2) is 18.2 Å². The second-order valence-electron chi connectivity index (χ2n) is 8.83. The number of nitrogens with zero attached hydrogens (tertiary/aromatic N) is 2. The Hall–Kier alpha value is -1.64. The van der Waals surface area contributed by atoms with Gasteiger partial charge in [-0.05, 0) is 50.8 Å². The lowest BCUT2D eigenvalue weighted by atomic mass is 9.91. The summed E-state index contributed by atoms with van der Waals surface area (Å²) in [5, 5.41) is 3.55. The summed E-state index contributed by atoms with van der Waals surface area (Å²) in [5.74, 6) is -0.822. The van der Waals surface area contributed by atoms with E-state index in [-0.39, 0.29) is 30.8 Å². The van der Waals surface area contributed by atoms with Crippen molar-refractivity contribution in [1.82, 2.24) is 9.62 Å². The van der Waals surface area contributed by atoms with Gasteiger partial charge in [0.15, 0.2) is 0 Å². The van der Waals surface area contributed by atoms with Gasteiger partial charge in [-0.3, -0.25) is 14.5 Å². The van der Waals surface area contributed by atoms with Gasteiger partial charge in [0, 0.05) is 23.3 Å². The summed E-state index contributed by atoms with van der Waals surface area (Å²) in [5.41, 5.74) is -0.0612. The van der Waals surface area contributed by atoms with Crippen molar-refractivity contribution in [2.24, 2.45) is 0 Å². The summed E-state index contributed by atoms with van der Waals surface area (Å²) in [6.45, 7) is 4.89. The van der Waals surface area contributed by atoms with Gasteiger partial charge in [-0.25, -0.2) is 8.42 Å². The third-order valence-corrected chi connectivity index (χ3v) is 8.44. The van der Waals surface area contributed by atoms with E-state index in [0.29, 0.717) is 17.1 Å². The number of benzene rings is 1. The van der Waals surface area contributed by atoms with Gasteiger partial charge in [-0.2, -0.15) is 4.31 Å². The molecule has 1 saturated heterocycles. The lowest BCUT2D eigenvalue weighted by Crippen LogP contribution is -2.71. The Morgan fingerprint density at radius 3 is 2.58 bits per heavy atom. The van der Waals surface area contributed by atoms with Crippen LogP contribution in [0.4, 0.5) is 5.69 Å². The Morgan fingerprint density at radius 1 is 1.26 bits per heavy atom. The van der Waals surface area contributed by atoms with E-state index in [1.807, 2.05) is 6.92 Å². The highest BCUT2D eigenvalue weighted by atomic mass is 35.5. The van der Waals surface area contributed by atoms with E-state index in [1.165, 1.54) is 4.90 Å². The number of hydrogen-bond donors (Lipinski definition) is 1. The Morgan fingerprint density at radius 2 is 1.94 bits per heavy atom. The van der Waals surface area contributed by atoms with Crippen LogP contribution in [0.1, 0.15) is 57.9 Å². The lowest BCUT2D eigenvalue weighted by molar-refractivity contribution is -0.133. The van der Waals surface area contributed by atoms with E-state index in [1.54, 1.807) is 32.0 Å². The Kier molecular flexibility index (Phi) is 7.33. The van der Waals surface area contributed by atoms with Crippen molar-refractivity contribution in [2.75, 3.05) is 23.7 Å². The average molecular weight is 470 g/mol. The molecule has 0 bridgehead atoms. The summed E-state index contributed by atoms with van der Waals surface area (Å²) < 4.78 is 26.8. The van der Waals surface area contributed by atoms with Gasteiger partial charge < -0.3 is 5.32 Å². The van der Waals surface area contributed by atoms with Gasteiger partial charge in [0.2, 0.25) is 21.8 Å². The number of nitrogens with one attached hydrogen (secondary N) is 1. The summed E-state index contributed by atoms with van der Waals surface area (Å²) in [4.78, 5) is 28.4. The maximum absolute atomic E-state index is 13.6. The number of carbonyl (C=O) groups excluding carboxylic acids is 2. The van der Waals surface area contributed by atoms with Crippen LogP contribution in [-0.2, 0) is 19.6 Å². The zero-order valence-electron chi connectivity index (χ0n) is 18.5. The molecule has 0 aromatic heterocycles. The molecule has 0 spiro atoms. The van der Waals surface area contributed by atoms with Crippen molar-refractivity contribution < 1.29 is 18.0 Å². The van der Waals surface area contributed by atoms with Crippen molar-refractivity contribution in [2.45, 2.75) is 70.9 Å². The average Bonchev–Trinajstić information content (AvgIpc) is 2.70. The van der Waals surface area contributed by atoms with E-state index in [4.69, 9.17) is 11.6 Å². The molecule has 1 aliphatic heterocycles.